The summed E-state index contributed by atoms with van der Waals surface area (Å²) in [5, 5.41) is 2.95. The lowest BCUT2D eigenvalue weighted by molar-refractivity contribution is -0.120. The van der Waals surface area contributed by atoms with Crippen LogP contribution in [0.5, 0.6) is 0 Å². The number of fused-ring (bicyclic) bond motifs is 1. The van der Waals surface area contributed by atoms with Crippen molar-refractivity contribution in [2.45, 2.75) is 25.4 Å². The predicted molar refractivity (Wildman–Crippen MR) is 110 cm³/mol. The van der Waals surface area contributed by atoms with Crippen LogP contribution in [0.25, 0.3) is 0 Å². The fourth-order valence-electron chi connectivity index (χ4n) is 3.63. The Hall–Kier alpha value is -3.40. The molecule has 1 atom stereocenters. The average molecular weight is 370 g/mol. The van der Waals surface area contributed by atoms with Crippen LogP contribution in [-0.2, 0) is 17.8 Å². The van der Waals surface area contributed by atoms with Crippen LogP contribution in [0.15, 0.2) is 84.9 Å². The van der Waals surface area contributed by atoms with Gasteiger partial charge in [0.1, 0.15) is 6.04 Å². The van der Waals surface area contributed by atoms with Crippen LogP contribution in [-0.4, -0.2) is 22.8 Å². The molecule has 0 saturated heterocycles. The Morgan fingerprint density at radius 2 is 1.36 bits per heavy atom. The molecule has 0 aromatic heterocycles. The van der Waals surface area contributed by atoms with E-state index >= 15 is 0 Å². The maximum atomic E-state index is 13.3. The normalized spacial score (nSPS) is 16.3. The first-order valence-electron chi connectivity index (χ1n) is 9.51. The van der Waals surface area contributed by atoms with Gasteiger partial charge in [0.05, 0.1) is 11.3 Å². The molecule has 0 fully saturated rings. The smallest absolute Gasteiger partial charge is 0.256 e. The molecule has 1 unspecified atom stereocenters. The van der Waals surface area contributed by atoms with Gasteiger partial charge in [-0.15, -0.1) is 0 Å². The van der Waals surface area contributed by atoms with Gasteiger partial charge in [0, 0.05) is 6.54 Å². The monoisotopic (exact) mass is 370 g/mol. The molecule has 4 nitrogen and oxygen atoms in total. The molecule has 1 aliphatic heterocycles. The highest BCUT2D eigenvalue weighted by Crippen LogP contribution is 2.26. The van der Waals surface area contributed by atoms with Gasteiger partial charge in [-0.25, -0.2) is 0 Å². The number of carbonyl (C=O) groups is 2. The molecule has 0 bridgehead atoms. The van der Waals surface area contributed by atoms with Crippen LogP contribution in [0, 0.1) is 0 Å². The molecule has 4 heteroatoms. The van der Waals surface area contributed by atoms with Crippen LogP contribution in [0.1, 0.15) is 27.9 Å². The van der Waals surface area contributed by atoms with Crippen molar-refractivity contribution in [3.8, 4) is 0 Å². The molecule has 3 aromatic rings. The van der Waals surface area contributed by atoms with Crippen molar-refractivity contribution in [1.82, 2.24) is 4.90 Å². The summed E-state index contributed by atoms with van der Waals surface area (Å²) in [6.07, 6.45) is 1.30. The minimum absolute atomic E-state index is 0.115. The number of benzene rings is 3. The summed E-state index contributed by atoms with van der Waals surface area (Å²) in [4.78, 5) is 28.1. The molecule has 1 aliphatic rings. The zero-order valence-corrected chi connectivity index (χ0v) is 15.5. The molecule has 0 saturated carbocycles. The first-order chi connectivity index (χ1) is 13.7. The van der Waals surface area contributed by atoms with Crippen molar-refractivity contribution in [3.05, 3.63) is 102 Å². The van der Waals surface area contributed by atoms with Crippen LogP contribution < -0.4 is 5.32 Å². The van der Waals surface area contributed by atoms with Gasteiger partial charge in [0.25, 0.3) is 5.91 Å². The third-order valence-corrected chi connectivity index (χ3v) is 5.10. The van der Waals surface area contributed by atoms with E-state index in [1.54, 1.807) is 17.0 Å². The number of hydrogen-bond donors (Lipinski definition) is 1. The topological polar surface area (TPSA) is 49.4 Å². The van der Waals surface area contributed by atoms with E-state index in [-0.39, 0.29) is 11.8 Å². The minimum Gasteiger partial charge on any atom is -0.324 e. The quantitative estimate of drug-likeness (QED) is 0.729. The SMILES string of the molecule is O=C1Nc2ccccc2C(=O)N(Cc2ccccc2)C1CCc1ccccc1. The lowest BCUT2D eigenvalue weighted by atomic mass is 10.0. The Labute approximate surface area is 164 Å². The number of aryl methyl sites for hydroxylation is 1. The van der Waals surface area contributed by atoms with Crippen molar-refractivity contribution in [2.24, 2.45) is 0 Å². The Balaban J connectivity index is 1.66. The highest BCUT2D eigenvalue weighted by molar-refractivity contribution is 6.09. The van der Waals surface area contributed by atoms with Crippen LogP contribution in [0.4, 0.5) is 5.69 Å². The molecule has 1 N–H and O–H groups in total. The fourth-order valence-corrected chi connectivity index (χ4v) is 3.63. The van der Waals surface area contributed by atoms with Crippen LogP contribution in [0.2, 0.25) is 0 Å². The van der Waals surface area contributed by atoms with E-state index in [1.165, 1.54) is 0 Å². The highest BCUT2D eigenvalue weighted by atomic mass is 16.2. The third kappa shape index (κ3) is 3.81. The second kappa shape index (κ2) is 8.09. The molecule has 2 amide bonds. The number of nitrogens with zero attached hydrogens (tertiary/aromatic N) is 1. The van der Waals surface area contributed by atoms with Crippen molar-refractivity contribution in [2.75, 3.05) is 5.32 Å². The maximum Gasteiger partial charge on any atom is 0.256 e. The largest absolute Gasteiger partial charge is 0.324 e. The van der Waals surface area contributed by atoms with Crippen LogP contribution >= 0.6 is 0 Å². The Bertz CT molecular complexity index is 970. The highest BCUT2D eigenvalue weighted by Gasteiger charge is 2.34. The maximum absolute atomic E-state index is 13.3. The number of rotatable bonds is 5. The number of hydrogen-bond acceptors (Lipinski definition) is 2. The van der Waals surface area contributed by atoms with Gasteiger partial charge >= 0.3 is 0 Å². The fraction of sp³-hybridized carbons (Fsp3) is 0.167. The lowest BCUT2D eigenvalue weighted by Crippen LogP contribution is -2.45. The number of amides is 2. The first kappa shape index (κ1) is 18.0. The summed E-state index contributed by atoms with van der Waals surface area (Å²) < 4.78 is 0. The van der Waals surface area contributed by atoms with Gasteiger partial charge in [-0.1, -0.05) is 72.8 Å². The van der Waals surface area contributed by atoms with E-state index in [1.807, 2.05) is 72.8 Å². The van der Waals surface area contributed by atoms with Gasteiger partial charge in [-0.05, 0) is 36.1 Å². The molecule has 0 radical (unpaired) electrons. The summed E-state index contributed by atoms with van der Waals surface area (Å²) >= 11 is 0. The van der Waals surface area contributed by atoms with Crippen molar-refractivity contribution in [3.63, 3.8) is 0 Å². The number of nitrogens with one attached hydrogen (secondary N) is 1. The van der Waals surface area contributed by atoms with Gasteiger partial charge in [0.2, 0.25) is 5.91 Å². The molecule has 3 aromatic carbocycles. The molecular formula is C24H22N2O2. The summed E-state index contributed by atoms with van der Waals surface area (Å²) in [6.45, 7) is 0.404. The minimum atomic E-state index is -0.527. The van der Waals surface area contributed by atoms with Gasteiger partial charge < -0.3 is 10.2 Å². The molecule has 4 rings (SSSR count). The average Bonchev–Trinajstić information content (AvgIpc) is 2.83. The number of para-hydroxylation sites is 1. The third-order valence-electron chi connectivity index (χ3n) is 5.10. The molecule has 1 heterocycles. The Morgan fingerprint density at radius 3 is 2.07 bits per heavy atom. The molecule has 28 heavy (non-hydrogen) atoms. The van der Waals surface area contributed by atoms with Crippen molar-refractivity contribution < 1.29 is 9.59 Å². The lowest BCUT2D eigenvalue weighted by Gasteiger charge is -2.29. The predicted octanol–water partition coefficient (Wildman–Crippen LogP) is 4.28. The zero-order valence-electron chi connectivity index (χ0n) is 15.5. The second-order valence-corrected chi connectivity index (χ2v) is 6.99. The number of anilines is 1. The molecule has 0 aliphatic carbocycles. The van der Waals surface area contributed by atoms with Gasteiger partial charge in [-0.2, -0.15) is 0 Å². The van der Waals surface area contributed by atoms with Crippen molar-refractivity contribution in [1.29, 1.82) is 0 Å². The standard InChI is InChI=1S/C24H22N2O2/c27-23-22(16-15-18-9-3-1-4-10-18)26(17-19-11-5-2-6-12-19)24(28)20-13-7-8-14-21(20)25-23/h1-14,22H,15-17H2,(H,25,27). The van der Waals surface area contributed by atoms with E-state index in [4.69, 9.17) is 0 Å². The molecule has 140 valence electrons. The summed E-state index contributed by atoms with van der Waals surface area (Å²) in [6, 6.07) is 26.6. The first-order valence-corrected chi connectivity index (χ1v) is 9.51. The Morgan fingerprint density at radius 1 is 0.750 bits per heavy atom. The van der Waals surface area contributed by atoms with Gasteiger partial charge in [0.15, 0.2) is 0 Å². The summed E-state index contributed by atoms with van der Waals surface area (Å²) in [5.74, 6) is -0.249. The van der Waals surface area contributed by atoms with Gasteiger partial charge in [-0.3, -0.25) is 9.59 Å². The summed E-state index contributed by atoms with van der Waals surface area (Å²) in [7, 11) is 0. The van der Waals surface area contributed by atoms with E-state index in [0.29, 0.717) is 24.2 Å². The number of carbonyl (C=O) groups excluding carboxylic acids is 2. The van der Waals surface area contributed by atoms with E-state index in [9.17, 15) is 9.59 Å². The van der Waals surface area contributed by atoms with E-state index in [2.05, 4.69) is 5.32 Å². The van der Waals surface area contributed by atoms with E-state index < -0.39 is 6.04 Å². The molecular weight excluding hydrogens is 348 g/mol. The zero-order chi connectivity index (χ0) is 19.3. The van der Waals surface area contributed by atoms with E-state index in [0.717, 1.165) is 17.5 Å². The summed E-state index contributed by atoms with van der Waals surface area (Å²) in [5.41, 5.74) is 3.28. The molecule has 0 spiro atoms. The van der Waals surface area contributed by atoms with Crippen molar-refractivity contribution >= 4 is 17.5 Å². The Kier molecular flexibility index (Phi) is 5.20. The second-order valence-electron chi connectivity index (χ2n) is 6.99. The van der Waals surface area contributed by atoms with Crippen LogP contribution in [0.3, 0.4) is 0 Å².